The molecule has 0 radical (unpaired) electrons. The van der Waals surface area contributed by atoms with Gasteiger partial charge < -0.3 is 10.1 Å². The molecule has 0 aliphatic carbocycles. The van der Waals surface area contributed by atoms with Crippen LogP contribution >= 0.6 is 0 Å². The number of imide groups is 1. The van der Waals surface area contributed by atoms with Crippen molar-refractivity contribution in [3.05, 3.63) is 63.7 Å². The number of nitrogens with one attached hydrogen (secondary N) is 1. The first-order valence-corrected chi connectivity index (χ1v) is 7.99. The van der Waals surface area contributed by atoms with Crippen LogP contribution in [0.4, 0.5) is 11.4 Å². The Kier molecular flexibility index (Phi) is 4.86. The third-order valence-corrected chi connectivity index (χ3v) is 3.85. The summed E-state index contributed by atoms with van der Waals surface area (Å²) in [6.45, 7) is 0.662. The monoisotopic (exact) mass is 383 g/mol. The highest BCUT2D eigenvalue weighted by Gasteiger charge is 2.37. The molecule has 28 heavy (non-hydrogen) atoms. The van der Waals surface area contributed by atoms with Gasteiger partial charge in [-0.15, -0.1) is 0 Å². The van der Waals surface area contributed by atoms with Gasteiger partial charge in [0.1, 0.15) is 12.3 Å². The second kappa shape index (κ2) is 7.27. The van der Waals surface area contributed by atoms with Crippen molar-refractivity contribution in [1.29, 1.82) is 0 Å². The number of nitro groups is 1. The first kappa shape index (κ1) is 18.7. The predicted octanol–water partition coefficient (Wildman–Crippen LogP) is 1.75. The molecule has 0 fully saturated rings. The lowest BCUT2D eigenvalue weighted by molar-refractivity contribution is -0.384. The number of carbonyl (C=O) groups is 4. The van der Waals surface area contributed by atoms with Crippen LogP contribution < -0.4 is 10.1 Å². The Balaban J connectivity index is 1.73. The molecule has 10 heteroatoms. The van der Waals surface area contributed by atoms with E-state index in [1.54, 1.807) is 6.07 Å². The molecule has 0 saturated carbocycles. The van der Waals surface area contributed by atoms with E-state index in [9.17, 15) is 29.3 Å². The number of fused-ring (bicyclic) bond motifs is 1. The minimum Gasteiger partial charge on any atom is -0.427 e. The quantitative estimate of drug-likeness (QED) is 0.273. The molecule has 0 bridgehead atoms. The SMILES string of the molecule is CC(=O)Oc1cccc(NC(=O)CN2C(=O)c3ccc([N+](=O)[O-])cc3C2=O)c1. The molecule has 0 spiro atoms. The number of anilines is 1. The molecule has 0 atom stereocenters. The fraction of sp³-hybridized carbons (Fsp3) is 0.111. The number of benzene rings is 2. The fourth-order valence-electron chi connectivity index (χ4n) is 2.68. The van der Waals surface area contributed by atoms with Gasteiger partial charge in [0.2, 0.25) is 5.91 Å². The molecule has 2 aromatic rings. The maximum atomic E-state index is 12.4. The van der Waals surface area contributed by atoms with Crippen LogP contribution in [0, 0.1) is 10.1 Å². The number of hydrogen-bond acceptors (Lipinski definition) is 7. The minimum absolute atomic E-state index is 0.000237. The Hall–Kier alpha value is -4.08. The summed E-state index contributed by atoms with van der Waals surface area (Å²) in [5, 5.41) is 13.3. The summed E-state index contributed by atoms with van der Waals surface area (Å²) < 4.78 is 4.91. The summed E-state index contributed by atoms with van der Waals surface area (Å²) in [6.07, 6.45) is 0. The Morgan fingerprint density at radius 1 is 1.11 bits per heavy atom. The zero-order valence-corrected chi connectivity index (χ0v) is 14.5. The van der Waals surface area contributed by atoms with E-state index in [0.29, 0.717) is 10.6 Å². The zero-order chi connectivity index (χ0) is 20.4. The van der Waals surface area contributed by atoms with Crippen molar-refractivity contribution in [2.24, 2.45) is 0 Å². The number of esters is 1. The second-order valence-corrected chi connectivity index (χ2v) is 5.85. The lowest BCUT2D eigenvalue weighted by Gasteiger charge is -2.14. The third-order valence-electron chi connectivity index (χ3n) is 3.85. The number of hydrogen-bond donors (Lipinski definition) is 1. The van der Waals surface area contributed by atoms with Crippen LogP contribution in [0.15, 0.2) is 42.5 Å². The number of ether oxygens (including phenoxy) is 1. The zero-order valence-electron chi connectivity index (χ0n) is 14.5. The summed E-state index contributed by atoms with van der Waals surface area (Å²) in [5.74, 6) is -2.46. The van der Waals surface area contributed by atoms with Crippen LogP contribution in [0.3, 0.4) is 0 Å². The van der Waals surface area contributed by atoms with Gasteiger partial charge in [0.25, 0.3) is 17.5 Å². The standard InChI is InChI=1S/C18H13N3O7/c1-10(22)28-13-4-2-3-11(7-13)19-16(23)9-20-17(24)14-6-5-12(21(26)27)8-15(14)18(20)25/h2-8H,9H2,1H3,(H,19,23). The Morgan fingerprint density at radius 3 is 2.50 bits per heavy atom. The van der Waals surface area contributed by atoms with Gasteiger partial charge >= 0.3 is 5.97 Å². The topological polar surface area (TPSA) is 136 Å². The van der Waals surface area contributed by atoms with Gasteiger partial charge in [0.05, 0.1) is 16.1 Å². The van der Waals surface area contributed by atoms with Crippen molar-refractivity contribution in [2.45, 2.75) is 6.92 Å². The van der Waals surface area contributed by atoms with Gasteiger partial charge in [-0.05, 0) is 18.2 Å². The number of carbonyl (C=O) groups excluding carboxylic acids is 4. The van der Waals surface area contributed by atoms with Crippen molar-refractivity contribution in [3.63, 3.8) is 0 Å². The Labute approximate surface area is 157 Å². The summed E-state index contributed by atoms with van der Waals surface area (Å²) in [5.41, 5.74) is -0.145. The third kappa shape index (κ3) is 3.70. The largest absolute Gasteiger partial charge is 0.427 e. The van der Waals surface area contributed by atoms with Crippen molar-refractivity contribution in [2.75, 3.05) is 11.9 Å². The first-order chi connectivity index (χ1) is 13.3. The summed E-state index contributed by atoms with van der Waals surface area (Å²) in [7, 11) is 0. The fourth-order valence-corrected chi connectivity index (χ4v) is 2.68. The smallest absolute Gasteiger partial charge is 0.308 e. The van der Waals surface area contributed by atoms with Crippen LogP contribution in [-0.2, 0) is 9.59 Å². The molecule has 1 heterocycles. The number of amides is 3. The number of non-ortho nitro benzene ring substituents is 1. The van der Waals surface area contributed by atoms with Gasteiger partial charge in [-0.25, -0.2) is 0 Å². The Bertz CT molecular complexity index is 1030. The van der Waals surface area contributed by atoms with Crippen LogP contribution in [0.25, 0.3) is 0 Å². The molecule has 1 aliphatic rings. The molecule has 10 nitrogen and oxygen atoms in total. The normalized spacial score (nSPS) is 12.5. The summed E-state index contributed by atoms with van der Waals surface area (Å²) in [4.78, 5) is 58.9. The van der Waals surface area contributed by atoms with Crippen molar-refractivity contribution >= 4 is 35.1 Å². The lowest BCUT2D eigenvalue weighted by Crippen LogP contribution is -2.37. The van der Waals surface area contributed by atoms with Gasteiger partial charge in [0.15, 0.2) is 0 Å². The molecule has 142 valence electrons. The number of nitrogens with zero attached hydrogens (tertiary/aromatic N) is 2. The molecular weight excluding hydrogens is 370 g/mol. The lowest BCUT2D eigenvalue weighted by atomic mass is 10.1. The molecule has 3 amide bonds. The maximum absolute atomic E-state index is 12.4. The van der Waals surface area contributed by atoms with E-state index in [1.807, 2.05) is 0 Å². The van der Waals surface area contributed by atoms with E-state index < -0.39 is 35.2 Å². The van der Waals surface area contributed by atoms with Crippen molar-refractivity contribution in [3.8, 4) is 5.75 Å². The molecule has 0 aromatic heterocycles. The van der Waals surface area contributed by atoms with Crippen LogP contribution in [-0.4, -0.2) is 40.1 Å². The van der Waals surface area contributed by atoms with E-state index >= 15 is 0 Å². The number of nitro benzene ring substituents is 1. The molecular formula is C18H13N3O7. The predicted molar refractivity (Wildman–Crippen MR) is 94.8 cm³/mol. The molecule has 2 aromatic carbocycles. The van der Waals surface area contributed by atoms with Crippen LogP contribution in [0.1, 0.15) is 27.6 Å². The highest BCUT2D eigenvalue weighted by molar-refractivity contribution is 6.23. The first-order valence-electron chi connectivity index (χ1n) is 7.99. The molecule has 3 rings (SSSR count). The average molecular weight is 383 g/mol. The van der Waals surface area contributed by atoms with Gasteiger partial charge in [-0.2, -0.15) is 0 Å². The molecule has 0 saturated heterocycles. The molecule has 1 aliphatic heterocycles. The second-order valence-electron chi connectivity index (χ2n) is 5.85. The van der Waals surface area contributed by atoms with Crippen molar-refractivity contribution in [1.82, 2.24) is 4.90 Å². The summed E-state index contributed by atoms with van der Waals surface area (Å²) >= 11 is 0. The van der Waals surface area contributed by atoms with Gasteiger partial charge in [0, 0.05) is 30.8 Å². The van der Waals surface area contributed by atoms with E-state index in [-0.39, 0.29) is 22.6 Å². The molecule has 0 unspecified atom stereocenters. The van der Waals surface area contributed by atoms with E-state index in [4.69, 9.17) is 4.74 Å². The highest BCUT2D eigenvalue weighted by atomic mass is 16.6. The average Bonchev–Trinajstić information content (AvgIpc) is 2.86. The maximum Gasteiger partial charge on any atom is 0.308 e. The minimum atomic E-state index is -0.785. The highest BCUT2D eigenvalue weighted by Crippen LogP contribution is 2.26. The summed E-state index contributed by atoms with van der Waals surface area (Å²) in [6, 6.07) is 9.34. The number of rotatable bonds is 5. The van der Waals surface area contributed by atoms with Crippen LogP contribution in [0.2, 0.25) is 0 Å². The van der Waals surface area contributed by atoms with E-state index in [1.165, 1.54) is 31.2 Å². The molecule has 1 N–H and O–H groups in total. The van der Waals surface area contributed by atoms with E-state index in [2.05, 4.69) is 5.32 Å². The van der Waals surface area contributed by atoms with Crippen LogP contribution in [0.5, 0.6) is 5.75 Å². The van der Waals surface area contributed by atoms with Gasteiger partial charge in [-0.1, -0.05) is 6.07 Å². The van der Waals surface area contributed by atoms with Crippen molar-refractivity contribution < 1.29 is 28.8 Å². The Morgan fingerprint density at radius 2 is 1.82 bits per heavy atom. The van der Waals surface area contributed by atoms with E-state index in [0.717, 1.165) is 12.1 Å². The van der Waals surface area contributed by atoms with Gasteiger partial charge in [-0.3, -0.25) is 34.2 Å².